The minimum absolute atomic E-state index is 0.0505. The Morgan fingerprint density at radius 3 is 2.07 bits per heavy atom. The number of hydrogen-bond donors (Lipinski definition) is 1. The molecule has 2 saturated heterocycles. The molecule has 1 unspecified atom stereocenters. The van der Waals surface area contributed by atoms with Gasteiger partial charge in [0.25, 0.3) is 0 Å². The smallest absolute Gasteiger partial charge is 0.157 e. The van der Waals surface area contributed by atoms with E-state index in [0.29, 0.717) is 52.9 Å². The quantitative estimate of drug-likeness (QED) is 0.408. The summed E-state index contributed by atoms with van der Waals surface area (Å²) in [7, 11) is 2.01. The van der Waals surface area contributed by atoms with E-state index in [0.717, 1.165) is 32.4 Å². The Morgan fingerprint density at radius 1 is 0.889 bits per heavy atom. The van der Waals surface area contributed by atoms with Crippen LogP contribution in [0.1, 0.15) is 25.7 Å². The molecule has 2 aliphatic heterocycles. The molecule has 0 aromatic heterocycles. The van der Waals surface area contributed by atoms with Crippen molar-refractivity contribution in [3.8, 4) is 0 Å². The van der Waals surface area contributed by atoms with Crippen LogP contribution in [0.3, 0.4) is 0 Å². The van der Waals surface area contributed by atoms with E-state index in [1.165, 1.54) is 6.42 Å². The van der Waals surface area contributed by atoms with Gasteiger partial charge in [0.1, 0.15) is 0 Å². The fourth-order valence-corrected chi connectivity index (χ4v) is 3.26. The average molecular weight is 392 g/mol. The van der Waals surface area contributed by atoms with Crippen molar-refractivity contribution in [3.63, 3.8) is 0 Å². The molecule has 8 heteroatoms. The molecule has 1 N–H and O–H groups in total. The van der Waals surface area contributed by atoms with Gasteiger partial charge in [0.05, 0.1) is 65.6 Å². The van der Waals surface area contributed by atoms with E-state index in [4.69, 9.17) is 28.4 Å². The maximum atomic E-state index is 9.23. The molecule has 0 spiro atoms. The highest BCUT2D eigenvalue weighted by atomic mass is 16.7. The summed E-state index contributed by atoms with van der Waals surface area (Å²) < 4.78 is 33.3. The highest BCUT2D eigenvalue weighted by molar-refractivity contribution is 4.83. The Balaban J connectivity index is 1.27. The Morgan fingerprint density at radius 2 is 1.52 bits per heavy atom. The summed E-state index contributed by atoms with van der Waals surface area (Å²) in [5, 5.41) is 9.23. The molecule has 3 atom stereocenters. The van der Waals surface area contributed by atoms with Gasteiger partial charge in [-0.3, -0.25) is 4.90 Å². The normalized spacial score (nSPS) is 26.7. The predicted octanol–water partition coefficient (Wildman–Crippen LogP) is 0.661. The summed E-state index contributed by atoms with van der Waals surface area (Å²) in [6.07, 6.45) is 4.32. The number of hydrogen-bond acceptors (Lipinski definition) is 8. The number of aliphatic hydroxyl groups excluding tert-OH is 1. The fourth-order valence-electron chi connectivity index (χ4n) is 3.26. The van der Waals surface area contributed by atoms with Gasteiger partial charge in [0, 0.05) is 19.2 Å². The second-order valence-corrected chi connectivity index (χ2v) is 7.01. The van der Waals surface area contributed by atoms with Crippen LogP contribution in [0.25, 0.3) is 0 Å². The monoisotopic (exact) mass is 391 g/mol. The van der Waals surface area contributed by atoms with Gasteiger partial charge in [-0.1, -0.05) is 0 Å². The molecule has 0 aliphatic carbocycles. The molecule has 160 valence electrons. The zero-order chi connectivity index (χ0) is 19.2. The van der Waals surface area contributed by atoms with Gasteiger partial charge < -0.3 is 33.5 Å². The first-order valence-electron chi connectivity index (χ1n) is 10.2. The van der Waals surface area contributed by atoms with Crippen LogP contribution in [0.5, 0.6) is 0 Å². The molecule has 2 heterocycles. The van der Waals surface area contributed by atoms with Crippen molar-refractivity contribution in [1.82, 2.24) is 4.90 Å². The minimum Gasteiger partial charge on any atom is -0.395 e. The molecular formula is C19H37NO7. The topological polar surface area (TPSA) is 78.9 Å². The van der Waals surface area contributed by atoms with Crippen molar-refractivity contribution in [2.24, 2.45) is 0 Å². The van der Waals surface area contributed by atoms with Gasteiger partial charge >= 0.3 is 0 Å². The molecule has 0 saturated carbocycles. The first-order chi connectivity index (χ1) is 13.3. The van der Waals surface area contributed by atoms with Crippen LogP contribution in [-0.4, -0.2) is 108 Å². The number of likely N-dealkylation sites (N-methyl/N-ethyl adjacent to an activating group) is 1. The van der Waals surface area contributed by atoms with Gasteiger partial charge in [0.2, 0.25) is 0 Å². The zero-order valence-electron chi connectivity index (χ0n) is 16.7. The minimum atomic E-state index is -0.0505. The van der Waals surface area contributed by atoms with Gasteiger partial charge in [-0.05, 0) is 32.7 Å². The van der Waals surface area contributed by atoms with Crippen LogP contribution < -0.4 is 0 Å². The van der Waals surface area contributed by atoms with Crippen LogP contribution >= 0.6 is 0 Å². The lowest BCUT2D eigenvalue weighted by Crippen LogP contribution is -2.28. The van der Waals surface area contributed by atoms with Crippen LogP contribution in [0, 0.1) is 0 Å². The summed E-state index contributed by atoms with van der Waals surface area (Å²) in [5.74, 6) is 0. The number of ether oxygens (including phenoxy) is 6. The summed E-state index contributed by atoms with van der Waals surface area (Å²) in [6, 6.07) is 0.221. The van der Waals surface area contributed by atoms with E-state index in [9.17, 15) is 5.11 Å². The van der Waals surface area contributed by atoms with Crippen molar-refractivity contribution in [2.75, 3.05) is 79.7 Å². The highest BCUT2D eigenvalue weighted by Crippen LogP contribution is 2.17. The van der Waals surface area contributed by atoms with Crippen LogP contribution in [-0.2, 0) is 28.4 Å². The molecule has 0 bridgehead atoms. The third-order valence-electron chi connectivity index (χ3n) is 4.86. The third-order valence-corrected chi connectivity index (χ3v) is 4.86. The molecule has 0 aromatic carbocycles. The lowest BCUT2D eigenvalue weighted by Gasteiger charge is -2.22. The Kier molecular flexibility index (Phi) is 12.5. The maximum absolute atomic E-state index is 9.23. The summed E-state index contributed by atoms with van der Waals surface area (Å²) >= 11 is 0. The van der Waals surface area contributed by atoms with E-state index in [-0.39, 0.29) is 25.0 Å². The fraction of sp³-hybridized carbons (Fsp3) is 1.00. The second kappa shape index (κ2) is 14.6. The molecule has 0 amide bonds. The second-order valence-electron chi connectivity index (χ2n) is 7.01. The standard InChI is InChI=1S/C19H37NO7/c1-20-15-18(14-17(20)16-21)25-12-10-23-8-6-22-7-9-24-11-13-27-19-4-2-3-5-26-19/h17-19,21H,2-16H2,1H3/t17-,18+,19?/m0/s1. The van der Waals surface area contributed by atoms with Crippen molar-refractivity contribution in [1.29, 1.82) is 0 Å². The van der Waals surface area contributed by atoms with Crippen molar-refractivity contribution in [2.45, 2.75) is 44.1 Å². The maximum Gasteiger partial charge on any atom is 0.157 e. The van der Waals surface area contributed by atoms with Gasteiger partial charge in [-0.15, -0.1) is 0 Å². The SMILES string of the molecule is CN1C[C@H](OCCOCCOCCOCCOC2CCCCO2)C[C@H]1CO. The molecule has 8 nitrogen and oxygen atoms in total. The highest BCUT2D eigenvalue weighted by Gasteiger charge is 2.29. The number of nitrogens with zero attached hydrogens (tertiary/aromatic N) is 1. The summed E-state index contributed by atoms with van der Waals surface area (Å²) in [4.78, 5) is 2.14. The number of likely N-dealkylation sites (tertiary alicyclic amines) is 1. The van der Waals surface area contributed by atoms with Crippen LogP contribution in [0.2, 0.25) is 0 Å². The molecule has 27 heavy (non-hydrogen) atoms. The predicted molar refractivity (Wildman–Crippen MR) is 99.9 cm³/mol. The van der Waals surface area contributed by atoms with Gasteiger partial charge in [0.15, 0.2) is 6.29 Å². The van der Waals surface area contributed by atoms with Crippen molar-refractivity contribution in [3.05, 3.63) is 0 Å². The van der Waals surface area contributed by atoms with Crippen molar-refractivity contribution >= 4 is 0 Å². The zero-order valence-corrected chi connectivity index (χ0v) is 16.7. The van der Waals surface area contributed by atoms with Crippen LogP contribution in [0.15, 0.2) is 0 Å². The van der Waals surface area contributed by atoms with Gasteiger partial charge in [-0.2, -0.15) is 0 Å². The largest absolute Gasteiger partial charge is 0.395 e. The van der Waals surface area contributed by atoms with Gasteiger partial charge in [-0.25, -0.2) is 0 Å². The molecule has 0 radical (unpaired) electrons. The first kappa shape index (κ1) is 23.0. The average Bonchev–Trinajstić information content (AvgIpc) is 3.06. The molecular weight excluding hydrogens is 354 g/mol. The number of aliphatic hydroxyl groups is 1. The van der Waals surface area contributed by atoms with E-state index in [2.05, 4.69) is 4.90 Å². The molecule has 2 rings (SSSR count). The molecule has 2 aliphatic rings. The van der Waals surface area contributed by atoms with E-state index >= 15 is 0 Å². The number of rotatable bonds is 15. The van der Waals surface area contributed by atoms with E-state index in [1.807, 2.05) is 7.05 Å². The Bertz CT molecular complexity index is 355. The Hall–Kier alpha value is -0.320. The Labute approximate surface area is 163 Å². The van der Waals surface area contributed by atoms with Crippen LogP contribution in [0.4, 0.5) is 0 Å². The molecule has 0 aromatic rings. The van der Waals surface area contributed by atoms with Crippen molar-refractivity contribution < 1.29 is 33.5 Å². The lowest BCUT2D eigenvalue weighted by molar-refractivity contribution is -0.169. The third kappa shape index (κ3) is 10.1. The summed E-state index contributed by atoms with van der Waals surface area (Å²) in [5.41, 5.74) is 0. The van der Waals surface area contributed by atoms with E-state index in [1.54, 1.807) is 0 Å². The lowest BCUT2D eigenvalue weighted by atomic mass is 10.2. The van der Waals surface area contributed by atoms with E-state index < -0.39 is 0 Å². The molecule has 2 fully saturated rings. The summed E-state index contributed by atoms with van der Waals surface area (Å²) in [6.45, 7) is 6.32. The first-order valence-corrected chi connectivity index (χ1v) is 10.2.